The van der Waals surface area contributed by atoms with E-state index >= 15 is 0 Å². The molecule has 6 atom stereocenters. The number of nitrogens with zero attached hydrogens (tertiary/aromatic N) is 4. The van der Waals surface area contributed by atoms with Gasteiger partial charge in [0.05, 0.1) is 12.0 Å². The van der Waals surface area contributed by atoms with Crippen molar-refractivity contribution in [1.29, 1.82) is 0 Å². The molecular formula is C38H57N5O7S. The van der Waals surface area contributed by atoms with E-state index < -0.39 is 35.8 Å². The highest BCUT2D eigenvalue weighted by Crippen LogP contribution is 2.33. The number of hydrogen-bond donors (Lipinski definition) is 2. The number of Topliss-reactive ketones (excluding diaryl/α,β-unsaturated/α-hetero) is 1. The summed E-state index contributed by atoms with van der Waals surface area (Å²) >= 11 is 1.18. The zero-order chi connectivity index (χ0) is 37.8. The molecule has 2 heterocycles. The molecule has 2 amide bonds. The van der Waals surface area contributed by atoms with Crippen molar-refractivity contribution in [2.45, 2.75) is 105 Å². The van der Waals surface area contributed by atoms with E-state index in [4.69, 9.17) is 4.74 Å². The molecule has 0 bridgehead atoms. The largest absolute Gasteiger partial charge is 0.481 e. The first-order valence-corrected chi connectivity index (χ1v) is 19.0. The number of aliphatic carboxylic acids is 1. The van der Waals surface area contributed by atoms with E-state index in [1.54, 1.807) is 29.3 Å². The van der Waals surface area contributed by atoms with Gasteiger partial charge in [-0.2, -0.15) is 0 Å². The number of ketones is 1. The van der Waals surface area contributed by atoms with Gasteiger partial charge in [-0.1, -0.05) is 77.8 Å². The fraction of sp³-hybridized carbons (Fsp3) is 0.632. The van der Waals surface area contributed by atoms with Gasteiger partial charge >= 0.3 is 11.9 Å². The van der Waals surface area contributed by atoms with Gasteiger partial charge in [0, 0.05) is 57.2 Å². The Bertz CT molecular complexity index is 1470. The van der Waals surface area contributed by atoms with Gasteiger partial charge < -0.3 is 14.7 Å². The van der Waals surface area contributed by atoms with Crippen molar-refractivity contribution >= 4 is 40.9 Å². The second kappa shape index (κ2) is 19.8. The maximum atomic E-state index is 14.2. The van der Waals surface area contributed by atoms with Gasteiger partial charge in [0.2, 0.25) is 5.91 Å². The summed E-state index contributed by atoms with van der Waals surface area (Å²) < 4.78 is 5.77. The first-order chi connectivity index (χ1) is 24.1. The molecule has 1 fully saturated rings. The quantitative estimate of drug-likeness (QED) is 0.139. The summed E-state index contributed by atoms with van der Waals surface area (Å²) in [6.07, 6.45) is 3.24. The molecule has 13 heteroatoms. The number of benzene rings is 1. The van der Waals surface area contributed by atoms with Gasteiger partial charge in [-0.15, -0.1) is 11.3 Å². The zero-order valence-corrected chi connectivity index (χ0v) is 32.3. The lowest BCUT2D eigenvalue weighted by Gasteiger charge is -2.37. The Morgan fingerprint density at radius 2 is 1.78 bits per heavy atom. The van der Waals surface area contributed by atoms with Crippen molar-refractivity contribution in [3.63, 3.8) is 0 Å². The first kappa shape index (κ1) is 41.7. The number of rotatable bonds is 19. The van der Waals surface area contributed by atoms with E-state index in [2.05, 4.69) is 15.3 Å². The molecule has 1 aliphatic rings. The van der Waals surface area contributed by atoms with E-state index in [1.165, 1.54) is 18.3 Å². The fourth-order valence-electron chi connectivity index (χ4n) is 6.68. The van der Waals surface area contributed by atoms with Crippen molar-refractivity contribution in [2.24, 2.45) is 23.7 Å². The predicted octanol–water partition coefficient (Wildman–Crippen LogP) is 5.59. The number of hydrogen-bond acceptors (Lipinski definition) is 10. The number of ether oxygens (including phenoxy) is 1. The van der Waals surface area contributed by atoms with Crippen molar-refractivity contribution in [1.82, 2.24) is 25.2 Å². The molecule has 1 aromatic heterocycles. The van der Waals surface area contributed by atoms with Crippen molar-refractivity contribution in [3.8, 4) is 0 Å². The molecule has 0 aliphatic carbocycles. The number of thiazole rings is 1. The van der Waals surface area contributed by atoms with Crippen LogP contribution in [0.1, 0.15) is 107 Å². The standard InChI is InChI=1S/C38H57N5O7S/c1-9-25(4)29(19-33(45)31-17-13-14-18-41(31)7)37(47)42(8)32(24(2)3)20-34(50-27(6)44)36-39-30(23-51-36)35(46)40-43(21-26(5)38(48)49)22-28-15-11-10-12-16-28/h10-12,15-16,23-26,29,31-32,34H,9,13-14,17-22H2,1-8H3,(H,40,46)(H,48,49)/t25-,26?,29-,31+,32+,34+/m0/s1. The van der Waals surface area contributed by atoms with Crippen LogP contribution in [-0.4, -0.2) is 93.7 Å². The highest BCUT2D eigenvalue weighted by molar-refractivity contribution is 7.09. The molecule has 51 heavy (non-hydrogen) atoms. The van der Waals surface area contributed by atoms with E-state index in [9.17, 15) is 29.1 Å². The summed E-state index contributed by atoms with van der Waals surface area (Å²) in [7, 11) is 3.73. The Balaban J connectivity index is 1.81. The smallest absolute Gasteiger partial charge is 0.307 e. The van der Waals surface area contributed by atoms with Crippen LogP contribution in [0.4, 0.5) is 0 Å². The SMILES string of the molecule is CC[C@H](C)[C@H](CC(=O)[C@H]1CCCCN1C)C(=O)N(C)[C@H](C[C@@H](OC(C)=O)c1nc(C(=O)NN(Cc2ccccc2)CC(C)C(=O)O)cs1)C(C)C. The molecule has 1 aromatic carbocycles. The summed E-state index contributed by atoms with van der Waals surface area (Å²) in [5.74, 6) is -3.28. The third-order valence-corrected chi connectivity index (χ3v) is 10.9. The van der Waals surface area contributed by atoms with Crippen LogP contribution in [0.3, 0.4) is 0 Å². The monoisotopic (exact) mass is 727 g/mol. The molecule has 2 aromatic rings. The number of esters is 1. The molecule has 3 rings (SSSR count). The number of nitrogens with one attached hydrogen (secondary N) is 1. The molecular weight excluding hydrogens is 671 g/mol. The number of likely N-dealkylation sites (N-methyl/N-ethyl adjacent to an activating group) is 1. The third-order valence-electron chi connectivity index (χ3n) is 10.0. The van der Waals surface area contributed by atoms with E-state index in [0.29, 0.717) is 5.01 Å². The number of carboxylic acids is 1. The minimum absolute atomic E-state index is 0.00477. The lowest BCUT2D eigenvalue weighted by atomic mass is 9.83. The summed E-state index contributed by atoms with van der Waals surface area (Å²) in [4.78, 5) is 73.5. The van der Waals surface area contributed by atoms with Gasteiger partial charge in [-0.05, 0) is 43.8 Å². The zero-order valence-electron chi connectivity index (χ0n) is 31.5. The number of piperidine rings is 1. The predicted molar refractivity (Wildman–Crippen MR) is 197 cm³/mol. The molecule has 1 saturated heterocycles. The molecule has 12 nitrogen and oxygen atoms in total. The minimum atomic E-state index is -0.982. The lowest BCUT2D eigenvalue weighted by Crippen LogP contribution is -2.48. The molecule has 1 unspecified atom stereocenters. The van der Waals surface area contributed by atoms with Crippen LogP contribution < -0.4 is 5.43 Å². The van der Waals surface area contributed by atoms with Crippen LogP contribution >= 0.6 is 11.3 Å². The van der Waals surface area contributed by atoms with Gasteiger partial charge in [-0.3, -0.25) is 34.3 Å². The third kappa shape index (κ3) is 12.2. The molecule has 1 aliphatic heterocycles. The maximum Gasteiger partial charge on any atom is 0.307 e. The summed E-state index contributed by atoms with van der Waals surface area (Å²) in [6, 6.07) is 8.87. The van der Waals surface area contributed by atoms with Crippen molar-refractivity contribution in [2.75, 3.05) is 27.2 Å². The van der Waals surface area contributed by atoms with Crippen LogP contribution in [0.5, 0.6) is 0 Å². The second-order valence-corrected chi connectivity index (χ2v) is 15.3. The highest BCUT2D eigenvalue weighted by Gasteiger charge is 2.37. The van der Waals surface area contributed by atoms with Crippen molar-refractivity contribution in [3.05, 3.63) is 52.0 Å². The first-order valence-electron chi connectivity index (χ1n) is 18.1. The van der Waals surface area contributed by atoms with Crippen LogP contribution in [0, 0.1) is 23.7 Å². The molecule has 0 spiro atoms. The number of amides is 2. The number of likely N-dealkylation sites (tertiary alicyclic amines) is 1. The average Bonchev–Trinajstić information content (AvgIpc) is 3.59. The minimum Gasteiger partial charge on any atom is -0.481 e. The highest BCUT2D eigenvalue weighted by atomic mass is 32.1. The number of carbonyl (C=O) groups excluding carboxylic acids is 4. The summed E-state index contributed by atoms with van der Waals surface area (Å²) in [5.41, 5.74) is 3.80. The Morgan fingerprint density at radius 3 is 2.37 bits per heavy atom. The topological polar surface area (TPSA) is 149 Å². The van der Waals surface area contributed by atoms with Crippen LogP contribution in [0.15, 0.2) is 35.7 Å². The number of aromatic nitrogens is 1. The molecule has 282 valence electrons. The fourth-order valence-corrected chi connectivity index (χ4v) is 7.51. The normalized spacial score (nSPS) is 18.0. The molecule has 0 radical (unpaired) electrons. The van der Waals surface area contributed by atoms with Gasteiger partial charge in [0.25, 0.3) is 5.91 Å². The average molecular weight is 728 g/mol. The van der Waals surface area contributed by atoms with E-state index in [1.807, 2.05) is 65.1 Å². The van der Waals surface area contributed by atoms with Crippen molar-refractivity contribution < 1.29 is 33.8 Å². The van der Waals surface area contributed by atoms with Gasteiger partial charge in [0.1, 0.15) is 10.7 Å². The number of carbonyl (C=O) groups is 5. The van der Waals surface area contributed by atoms with Crippen LogP contribution in [0.25, 0.3) is 0 Å². The van der Waals surface area contributed by atoms with Gasteiger partial charge in [-0.25, -0.2) is 9.99 Å². The van der Waals surface area contributed by atoms with Gasteiger partial charge in [0.15, 0.2) is 11.9 Å². The lowest BCUT2D eigenvalue weighted by molar-refractivity contribution is -0.149. The summed E-state index contributed by atoms with van der Waals surface area (Å²) in [5, 5.41) is 13.0. The number of hydrazine groups is 1. The van der Waals surface area contributed by atoms with Crippen LogP contribution in [-0.2, 0) is 30.5 Å². The summed E-state index contributed by atoms with van der Waals surface area (Å²) in [6.45, 7) is 12.2. The molecule has 0 saturated carbocycles. The Morgan fingerprint density at radius 1 is 1.10 bits per heavy atom. The second-order valence-electron chi connectivity index (χ2n) is 14.4. The number of carboxylic acid groups (broad SMARTS) is 1. The Kier molecular flexibility index (Phi) is 16.2. The van der Waals surface area contributed by atoms with E-state index in [-0.39, 0.29) is 67.2 Å². The Hall–Kier alpha value is -3.68. The maximum absolute atomic E-state index is 14.2. The van der Waals surface area contributed by atoms with E-state index in [0.717, 1.165) is 37.8 Å². The molecule has 2 N–H and O–H groups in total. The Labute approximate surface area is 306 Å². The van der Waals surface area contributed by atoms with Crippen LogP contribution in [0.2, 0.25) is 0 Å².